The topological polar surface area (TPSA) is 64.9 Å². The van der Waals surface area contributed by atoms with Crippen LogP contribution in [0.2, 0.25) is 0 Å². The van der Waals surface area contributed by atoms with Crippen LogP contribution >= 0.6 is 0 Å². The average Bonchev–Trinajstić information content (AvgIpc) is 2.88. The van der Waals surface area contributed by atoms with E-state index in [0.29, 0.717) is 5.76 Å². The highest BCUT2D eigenvalue weighted by Crippen LogP contribution is 2.79. The van der Waals surface area contributed by atoms with Crippen LogP contribution in [0.15, 0.2) is 34.9 Å². The summed E-state index contributed by atoms with van der Waals surface area (Å²) >= 11 is 0. The zero-order valence-corrected chi connectivity index (χ0v) is 7.94. The number of ether oxygens (including phenoxy) is 2. The molecule has 4 aliphatic rings. The molecule has 15 heavy (non-hydrogen) atoms. The molecular formula is C10H7NO4. The van der Waals surface area contributed by atoms with E-state index in [0.717, 1.165) is 17.8 Å². The van der Waals surface area contributed by atoms with Crippen molar-refractivity contribution < 1.29 is 14.4 Å². The van der Waals surface area contributed by atoms with Gasteiger partial charge in [0.1, 0.15) is 5.60 Å². The number of allylic oxidation sites excluding steroid dienone is 2. The van der Waals surface area contributed by atoms with Crippen molar-refractivity contribution >= 4 is 0 Å². The van der Waals surface area contributed by atoms with E-state index in [-0.39, 0.29) is 16.9 Å². The summed E-state index contributed by atoms with van der Waals surface area (Å²) in [4.78, 5) is 10.2. The predicted octanol–water partition coefficient (Wildman–Crippen LogP) is 1.26. The maximum absolute atomic E-state index is 10.6. The highest BCUT2D eigenvalue weighted by atomic mass is 16.7. The zero-order chi connectivity index (χ0) is 10.4. The van der Waals surface area contributed by atoms with Gasteiger partial charge in [-0.3, -0.25) is 10.1 Å². The zero-order valence-electron chi connectivity index (χ0n) is 7.94. The number of nitrogens with zero attached hydrogens (tertiary/aromatic N) is 1. The first-order valence-electron chi connectivity index (χ1n) is 4.77. The maximum Gasteiger partial charge on any atom is 0.286 e. The van der Waals surface area contributed by atoms with E-state index in [9.17, 15) is 10.1 Å². The lowest BCUT2D eigenvalue weighted by molar-refractivity contribution is -0.427. The quantitative estimate of drug-likeness (QED) is 0.367. The normalized spacial score (nSPS) is 45.7. The minimum atomic E-state index is -0.423. The molecule has 1 saturated carbocycles. The fraction of sp³-hybridized carbons (Fsp3) is 0.400. The molecule has 0 bridgehead atoms. The Hall–Kier alpha value is -1.62. The van der Waals surface area contributed by atoms with Gasteiger partial charge in [0.2, 0.25) is 5.76 Å². The molecule has 0 spiro atoms. The Morgan fingerprint density at radius 1 is 1.67 bits per heavy atom. The summed E-state index contributed by atoms with van der Waals surface area (Å²) in [7, 11) is 0. The summed E-state index contributed by atoms with van der Waals surface area (Å²) in [5.41, 5.74) is 0.579. The van der Waals surface area contributed by atoms with E-state index in [1.807, 2.05) is 12.2 Å². The standard InChI is InChI=1S/C10H7NO4/c1-5(11(12)13)7-6-2-3-9-4-10(9,15-9)8(6)14-7/h2-3H,4H2,1H3. The lowest BCUT2D eigenvalue weighted by Gasteiger charge is -2.26. The molecule has 76 valence electrons. The first-order chi connectivity index (χ1) is 7.10. The van der Waals surface area contributed by atoms with E-state index in [1.54, 1.807) is 0 Å². The molecule has 5 nitrogen and oxygen atoms in total. The minimum absolute atomic E-state index is 0.0589. The number of nitro groups is 1. The molecule has 2 aliphatic carbocycles. The first kappa shape index (κ1) is 7.64. The summed E-state index contributed by atoms with van der Waals surface area (Å²) in [6.45, 7) is 1.45. The fourth-order valence-corrected chi connectivity index (χ4v) is 2.44. The molecule has 2 unspecified atom stereocenters. The van der Waals surface area contributed by atoms with Crippen molar-refractivity contribution in [1.82, 2.24) is 0 Å². The van der Waals surface area contributed by atoms with Gasteiger partial charge in [-0.15, -0.1) is 0 Å². The Balaban J connectivity index is 1.83. The van der Waals surface area contributed by atoms with Crippen molar-refractivity contribution in [3.8, 4) is 0 Å². The van der Waals surface area contributed by atoms with Gasteiger partial charge in [-0.25, -0.2) is 0 Å². The van der Waals surface area contributed by atoms with E-state index >= 15 is 0 Å². The summed E-state index contributed by atoms with van der Waals surface area (Å²) in [5.74, 6) is 1.18. The molecule has 0 aromatic carbocycles. The molecule has 2 aliphatic heterocycles. The highest BCUT2D eigenvalue weighted by molar-refractivity contribution is 5.66. The second-order valence-corrected chi connectivity index (χ2v) is 4.35. The van der Waals surface area contributed by atoms with Gasteiger partial charge in [0.15, 0.2) is 11.4 Å². The van der Waals surface area contributed by atoms with E-state index in [4.69, 9.17) is 9.47 Å². The van der Waals surface area contributed by atoms with Gasteiger partial charge in [0.05, 0.1) is 10.5 Å². The lowest BCUT2D eigenvalue weighted by Crippen LogP contribution is -2.23. The average molecular weight is 205 g/mol. The predicted molar refractivity (Wildman–Crippen MR) is 48.1 cm³/mol. The number of rotatable bonds is 1. The van der Waals surface area contributed by atoms with Gasteiger partial charge in [0.25, 0.3) is 5.70 Å². The van der Waals surface area contributed by atoms with Crippen LogP contribution < -0.4 is 0 Å². The van der Waals surface area contributed by atoms with Crippen molar-refractivity contribution in [2.75, 3.05) is 0 Å². The molecular weight excluding hydrogens is 198 g/mol. The Kier molecular flexibility index (Phi) is 0.885. The van der Waals surface area contributed by atoms with Gasteiger partial charge >= 0.3 is 0 Å². The molecule has 0 aromatic heterocycles. The molecule has 0 aromatic rings. The lowest BCUT2D eigenvalue weighted by atomic mass is 9.98. The van der Waals surface area contributed by atoms with Crippen LogP contribution in [-0.2, 0) is 9.47 Å². The molecule has 5 heteroatoms. The summed E-state index contributed by atoms with van der Waals surface area (Å²) in [6, 6.07) is 0. The molecule has 2 heterocycles. The third-order valence-electron chi connectivity index (χ3n) is 3.57. The van der Waals surface area contributed by atoms with Crippen molar-refractivity contribution in [2.45, 2.75) is 24.5 Å². The molecule has 0 N–H and O–H groups in total. The largest absolute Gasteiger partial charge is 0.450 e. The Morgan fingerprint density at radius 3 is 3.07 bits per heavy atom. The summed E-state index contributed by atoms with van der Waals surface area (Å²) in [5, 5.41) is 10.6. The molecule has 4 rings (SSSR count). The molecule has 0 radical (unpaired) electrons. The van der Waals surface area contributed by atoms with Gasteiger partial charge < -0.3 is 9.47 Å². The van der Waals surface area contributed by atoms with Crippen molar-refractivity contribution in [2.24, 2.45) is 0 Å². The van der Waals surface area contributed by atoms with Crippen LogP contribution in [-0.4, -0.2) is 16.1 Å². The Labute approximate surface area is 84.8 Å². The smallest absolute Gasteiger partial charge is 0.286 e. The van der Waals surface area contributed by atoms with Crippen LogP contribution in [0.5, 0.6) is 0 Å². The summed E-state index contributed by atoms with van der Waals surface area (Å²) in [6.07, 6.45) is 4.82. The number of hydrogen-bond acceptors (Lipinski definition) is 4. The molecule has 0 amide bonds. The van der Waals surface area contributed by atoms with Gasteiger partial charge in [-0.2, -0.15) is 0 Å². The first-order valence-corrected chi connectivity index (χ1v) is 4.77. The highest BCUT2D eigenvalue weighted by Gasteiger charge is 2.91. The van der Waals surface area contributed by atoms with E-state index in [1.165, 1.54) is 6.92 Å². The Morgan fingerprint density at radius 2 is 2.40 bits per heavy atom. The number of epoxide rings is 1. The minimum Gasteiger partial charge on any atom is -0.450 e. The monoisotopic (exact) mass is 205 g/mol. The summed E-state index contributed by atoms with van der Waals surface area (Å²) < 4.78 is 10.9. The van der Waals surface area contributed by atoms with E-state index < -0.39 is 4.92 Å². The SMILES string of the molecule is CC(=C1OC2=C1C=CC13CC21O3)[N+](=O)[O-]. The van der Waals surface area contributed by atoms with Gasteiger partial charge in [-0.05, 0) is 12.2 Å². The second kappa shape index (κ2) is 1.74. The Bertz CT molecular complexity index is 520. The number of hydrogen-bond donors (Lipinski definition) is 0. The third kappa shape index (κ3) is 0.594. The van der Waals surface area contributed by atoms with Crippen LogP contribution in [0, 0.1) is 10.1 Å². The second-order valence-electron chi connectivity index (χ2n) is 4.35. The van der Waals surface area contributed by atoms with Crippen molar-refractivity contribution in [1.29, 1.82) is 0 Å². The molecule has 2 fully saturated rings. The third-order valence-corrected chi connectivity index (χ3v) is 3.57. The van der Waals surface area contributed by atoms with Crippen LogP contribution in [0.3, 0.4) is 0 Å². The fourth-order valence-electron chi connectivity index (χ4n) is 2.44. The van der Waals surface area contributed by atoms with Crippen LogP contribution in [0.25, 0.3) is 0 Å². The van der Waals surface area contributed by atoms with Crippen molar-refractivity contribution in [3.05, 3.63) is 45.1 Å². The van der Waals surface area contributed by atoms with Crippen LogP contribution in [0.4, 0.5) is 0 Å². The van der Waals surface area contributed by atoms with Crippen LogP contribution in [0.1, 0.15) is 13.3 Å². The van der Waals surface area contributed by atoms with Crippen molar-refractivity contribution in [3.63, 3.8) is 0 Å². The van der Waals surface area contributed by atoms with Gasteiger partial charge in [-0.1, -0.05) is 0 Å². The molecule has 2 atom stereocenters. The van der Waals surface area contributed by atoms with E-state index in [2.05, 4.69) is 0 Å². The maximum atomic E-state index is 10.6. The van der Waals surface area contributed by atoms with Gasteiger partial charge in [0, 0.05) is 13.3 Å². The molecule has 1 saturated heterocycles.